The second-order valence-corrected chi connectivity index (χ2v) is 4.23. The summed E-state index contributed by atoms with van der Waals surface area (Å²) in [5.41, 5.74) is 0.275. The minimum Gasteiger partial charge on any atom is -0.391 e. The molecule has 0 spiro atoms. The smallest absolute Gasteiger partial charge is 0.255 e. The third-order valence-corrected chi connectivity index (χ3v) is 2.92. The van der Waals surface area contributed by atoms with Crippen LogP contribution in [0.15, 0.2) is 18.2 Å². The number of hydrogen-bond acceptors (Lipinski definition) is 2. The van der Waals surface area contributed by atoms with Gasteiger partial charge in [0.05, 0.1) is 16.7 Å². The van der Waals surface area contributed by atoms with E-state index in [1.54, 1.807) is 0 Å². The molecule has 0 aromatic heterocycles. The standard InChI is InChI=1S/C11H11ClFNO2/c12-10-5-7(13)1-2-9(10)11(16)14-4-3-8(15)6-14/h1-2,5,8,15H,3-4,6H2. The molecule has 1 aliphatic rings. The maximum absolute atomic E-state index is 12.8. The number of hydrogen-bond donors (Lipinski definition) is 1. The van der Waals surface area contributed by atoms with Crippen molar-refractivity contribution in [3.63, 3.8) is 0 Å². The number of likely N-dealkylation sites (tertiary alicyclic amines) is 1. The van der Waals surface area contributed by atoms with Gasteiger partial charge in [-0.3, -0.25) is 4.79 Å². The first-order chi connectivity index (χ1) is 7.58. The van der Waals surface area contributed by atoms with Gasteiger partial charge in [-0.25, -0.2) is 4.39 Å². The molecule has 1 aromatic carbocycles. The Morgan fingerprint density at radius 2 is 2.31 bits per heavy atom. The minimum atomic E-state index is -0.469. The summed E-state index contributed by atoms with van der Waals surface area (Å²) < 4.78 is 12.8. The van der Waals surface area contributed by atoms with Crippen LogP contribution in [0, 0.1) is 5.82 Å². The lowest BCUT2D eigenvalue weighted by atomic mass is 10.2. The monoisotopic (exact) mass is 243 g/mol. The molecule has 5 heteroatoms. The third kappa shape index (κ3) is 2.18. The highest BCUT2D eigenvalue weighted by Gasteiger charge is 2.26. The highest BCUT2D eigenvalue weighted by atomic mass is 35.5. The largest absolute Gasteiger partial charge is 0.391 e. The van der Waals surface area contributed by atoms with Gasteiger partial charge in [0.15, 0.2) is 0 Å². The predicted octanol–water partition coefficient (Wildman–Crippen LogP) is 1.69. The molecule has 1 saturated heterocycles. The molecule has 16 heavy (non-hydrogen) atoms. The normalized spacial score (nSPS) is 20.2. The van der Waals surface area contributed by atoms with Gasteiger partial charge in [0.25, 0.3) is 5.91 Å². The van der Waals surface area contributed by atoms with Crippen LogP contribution in [0.4, 0.5) is 4.39 Å². The molecule has 1 aliphatic heterocycles. The maximum atomic E-state index is 12.8. The molecule has 1 amide bonds. The fourth-order valence-corrected chi connectivity index (χ4v) is 2.01. The zero-order chi connectivity index (χ0) is 11.7. The number of carbonyl (C=O) groups excluding carboxylic acids is 1. The van der Waals surface area contributed by atoms with Gasteiger partial charge in [0.1, 0.15) is 5.82 Å². The number of halogens is 2. The Kier molecular flexibility index (Phi) is 3.12. The van der Waals surface area contributed by atoms with Gasteiger partial charge in [0.2, 0.25) is 0 Å². The first-order valence-corrected chi connectivity index (χ1v) is 5.38. The van der Waals surface area contributed by atoms with Crippen LogP contribution < -0.4 is 0 Å². The lowest BCUT2D eigenvalue weighted by Gasteiger charge is -2.16. The maximum Gasteiger partial charge on any atom is 0.255 e. The van der Waals surface area contributed by atoms with Crippen LogP contribution in [-0.4, -0.2) is 35.1 Å². The fourth-order valence-electron chi connectivity index (χ4n) is 1.76. The molecule has 1 fully saturated rings. The quantitative estimate of drug-likeness (QED) is 0.815. The van der Waals surface area contributed by atoms with E-state index in [1.165, 1.54) is 17.0 Å². The molecule has 1 heterocycles. The number of rotatable bonds is 1. The van der Waals surface area contributed by atoms with Crippen LogP contribution in [0.3, 0.4) is 0 Å². The van der Waals surface area contributed by atoms with E-state index in [2.05, 4.69) is 0 Å². The molecule has 0 radical (unpaired) electrons. The Morgan fingerprint density at radius 3 is 2.88 bits per heavy atom. The van der Waals surface area contributed by atoms with Gasteiger partial charge in [-0.05, 0) is 24.6 Å². The third-order valence-electron chi connectivity index (χ3n) is 2.61. The predicted molar refractivity (Wildman–Crippen MR) is 57.9 cm³/mol. The summed E-state index contributed by atoms with van der Waals surface area (Å²) in [5, 5.41) is 9.43. The second-order valence-electron chi connectivity index (χ2n) is 3.82. The molecular formula is C11H11ClFNO2. The van der Waals surface area contributed by atoms with Crippen LogP contribution >= 0.6 is 11.6 Å². The molecule has 3 nitrogen and oxygen atoms in total. The Labute approximate surface area is 97.4 Å². The van der Waals surface area contributed by atoms with Crippen molar-refractivity contribution in [2.45, 2.75) is 12.5 Å². The first-order valence-electron chi connectivity index (χ1n) is 5.00. The molecule has 0 saturated carbocycles. The Morgan fingerprint density at radius 1 is 1.56 bits per heavy atom. The molecule has 1 N–H and O–H groups in total. The van der Waals surface area contributed by atoms with Crippen LogP contribution in [0.2, 0.25) is 5.02 Å². The summed E-state index contributed by atoms with van der Waals surface area (Å²) >= 11 is 5.79. The SMILES string of the molecule is O=C(c1ccc(F)cc1Cl)N1CCC(O)C1. The molecule has 1 unspecified atom stereocenters. The van der Waals surface area contributed by atoms with Gasteiger partial charge in [0, 0.05) is 13.1 Å². The van der Waals surface area contributed by atoms with E-state index in [9.17, 15) is 14.3 Å². The van der Waals surface area contributed by atoms with Gasteiger partial charge < -0.3 is 10.0 Å². The van der Waals surface area contributed by atoms with E-state index < -0.39 is 11.9 Å². The summed E-state index contributed by atoms with van der Waals surface area (Å²) in [7, 11) is 0. The van der Waals surface area contributed by atoms with Gasteiger partial charge in [-0.1, -0.05) is 11.6 Å². The number of nitrogens with zero attached hydrogens (tertiary/aromatic N) is 1. The van der Waals surface area contributed by atoms with Crippen molar-refractivity contribution >= 4 is 17.5 Å². The number of aliphatic hydroxyl groups is 1. The van der Waals surface area contributed by atoms with Crippen molar-refractivity contribution < 1.29 is 14.3 Å². The van der Waals surface area contributed by atoms with E-state index in [1.807, 2.05) is 0 Å². The van der Waals surface area contributed by atoms with E-state index in [-0.39, 0.29) is 16.5 Å². The van der Waals surface area contributed by atoms with E-state index in [0.29, 0.717) is 19.5 Å². The molecular weight excluding hydrogens is 233 g/mol. The molecule has 0 bridgehead atoms. The molecule has 86 valence electrons. The number of aliphatic hydroxyl groups excluding tert-OH is 1. The number of benzene rings is 1. The summed E-state index contributed by atoms with van der Waals surface area (Å²) in [6.45, 7) is 0.820. The van der Waals surface area contributed by atoms with Crippen molar-refractivity contribution in [2.75, 3.05) is 13.1 Å². The average Bonchev–Trinajstić information content (AvgIpc) is 2.64. The van der Waals surface area contributed by atoms with Crippen molar-refractivity contribution in [1.29, 1.82) is 0 Å². The van der Waals surface area contributed by atoms with E-state index in [0.717, 1.165) is 6.07 Å². The summed E-state index contributed by atoms with van der Waals surface area (Å²) in [6, 6.07) is 3.68. The molecule has 0 aliphatic carbocycles. The van der Waals surface area contributed by atoms with Gasteiger partial charge in [-0.15, -0.1) is 0 Å². The first kappa shape index (κ1) is 11.4. The number of β-amino-alcohol motifs (C(OH)–C–C–N with tert-alkyl or cyclic N) is 1. The zero-order valence-corrected chi connectivity index (χ0v) is 9.25. The Balaban J connectivity index is 2.21. The molecule has 2 rings (SSSR count). The molecule has 1 aromatic rings. The zero-order valence-electron chi connectivity index (χ0n) is 8.49. The Bertz CT molecular complexity index is 424. The number of carbonyl (C=O) groups is 1. The number of amides is 1. The Hall–Kier alpha value is -1.13. The van der Waals surface area contributed by atoms with Crippen LogP contribution in [-0.2, 0) is 0 Å². The van der Waals surface area contributed by atoms with Crippen molar-refractivity contribution in [2.24, 2.45) is 0 Å². The lowest BCUT2D eigenvalue weighted by molar-refractivity contribution is 0.0765. The van der Waals surface area contributed by atoms with Crippen molar-refractivity contribution in [3.8, 4) is 0 Å². The van der Waals surface area contributed by atoms with Crippen molar-refractivity contribution in [1.82, 2.24) is 4.90 Å². The molecule has 1 atom stereocenters. The average molecular weight is 244 g/mol. The van der Waals surface area contributed by atoms with Crippen LogP contribution in [0.5, 0.6) is 0 Å². The van der Waals surface area contributed by atoms with Crippen LogP contribution in [0.1, 0.15) is 16.8 Å². The van der Waals surface area contributed by atoms with Crippen molar-refractivity contribution in [3.05, 3.63) is 34.6 Å². The summed E-state index contributed by atoms with van der Waals surface area (Å²) in [6.07, 6.45) is 0.105. The van der Waals surface area contributed by atoms with Crippen LogP contribution in [0.25, 0.3) is 0 Å². The van der Waals surface area contributed by atoms with E-state index in [4.69, 9.17) is 11.6 Å². The highest BCUT2D eigenvalue weighted by molar-refractivity contribution is 6.33. The van der Waals surface area contributed by atoms with Gasteiger partial charge in [-0.2, -0.15) is 0 Å². The highest BCUT2D eigenvalue weighted by Crippen LogP contribution is 2.21. The summed E-state index contributed by atoms with van der Waals surface area (Å²) in [5.74, 6) is -0.732. The summed E-state index contributed by atoms with van der Waals surface area (Å²) in [4.78, 5) is 13.5. The fraction of sp³-hybridized carbons (Fsp3) is 0.364. The topological polar surface area (TPSA) is 40.5 Å². The second kappa shape index (κ2) is 4.39. The lowest BCUT2D eigenvalue weighted by Crippen LogP contribution is -2.29. The van der Waals surface area contributed by atoms with Gasteiger partial charge >= 0.3 is 0 Å². The van der Waals surface area contributed by atoms with E-state index >= 15 is 0 Å². The minimum absolute atomic E-state index is 0.103.